The zero-order valence-electron chi connectivity index (χ0n) is 10.3. The van der Waals surface area contributed by atoms with Crippen molar-refractivity contribution in [2.45, 2.75) is 24.1 Å². The lowest BCUT2D eigenvalue weighted by Gasteiger charge is -2.08. The van der Waals surface area contributed by atoms with E-state index in [-0.39, 0.29) is 12.4 Å². The highest BCUT2D eigenvalue weighted by atomic mass is 32.2. The van der Waals surface area contributed by atoms with E-state index in [1.165, 1.54) is 10.5 Å². The third-order valence-electron chi connectivity index (χ3n) is 2.86. The molecule has 0 aliphatic rings. The van der Waals surface area contributed by atoms with Crippen molar-refractivity contribution >= 4 is 11.8 Å². The molecule has 1 nitrogen and oxygen atoms in total. The Morgan fingerprint density at radius 1 is 1.06 bits per heavy atom. The van der Waals surface area contributed by atoms with Crippen LogP contribution in [0.15, 0.2) is 47.4 Å². The van der Waals surface area contributed by atoms with Gasteiger partial charge in [-0.05, 0) is 24.1 Å². The number of aryl methyl sites for hydroxylation is 1. The summed E-state index contributed by atoms with van der Waals surface area (Å²) in [6, 6.07) is 13.5. The highest BCUT2D eigenvalue weighted by Gasteiger charge is 2.07. The molecule has 0 fully saturated rings. The van der Waals surface area contributed by atoms with Gasteiger partial charge in [0.25, 0.3) is 0 Å². The van der Waals surface area contributed by atoms with Crippen LogP contribution in [-0.4, -0.2) is 0 Å². The molecule has 3 heteroatoms. The Morgan fingerprint density at radius 3 is 2.50 bits per heavy atom. The second-order valence-corrected chi connectivity index (χ2v) is 5.17. The predicted molar refractivity (Wildman–Crippen MR) is 75.0 cm³/mol. The highest BCUT2D eigenvalue weighted by Crippen LogP contribution is 2.27. The fourth-order valence-corrected chi connectivity index (χ4v) is 2.78. The van der Waals surface area contributed by atoms with Crippen LogP contribution < -0.4 is 5.73 Å². The van der Waals surface area contributed by atoms with Crippen LogP contribution in [0, 0.1) is 12.7 Å². The summed E-state index contributed by atoms with van der Waals surface area (Å²) in [5.74, 6) is 0.464. The first-order chi connectivity index (χ1) is 8.72. The van der Waals surface area contributed by atoms with Gasteiger partial charge in [-0.3, -0.25) is 0 Å². The van der Waals surface area contributed by atoms with Crippen molar-refractivity contribution in [1.82, 2.24) is 0 Å². The molecule has 0 aliphatic carbocycles. The van der Waals surface area contributed by atoms with Crippen LogP contribution in [0.3, 0.4) is 0 Å². The summed E-state index contributed by atoms with van der Waals surface area (Å²) in [5.41, 5.74) is 8.02. The average molecular weight is 261 g/mol. The van der Waals surface area contributed by atoms with E-state index < -0.39 is 0 Å². The van der Waals surface area contributed by atoms with Gasteiger partial charge < -0.3 is 5.73 Å². The van der Waals surface area contributed by atoms with E-state index in [1.807, 2.05) is 24.3 Å². The van der Waals surface area contributed by atoms with Crippen molar-refractivity contribution in [2.24, 2.45) is 5.73 Å². The van der Waals surface area contributed by atoms with E-state index in [9.17, 15) is 4.39 Å². The first kappa shape index (κ1) is 13.1. The number of rotatable bonds is 4. The van der Waals surface area contributed by atoms with Gasteiger partial charge in [-0.25, -0.2) is 4.39 Å². The molecule has 0 saturated carbocycles. The molecule has 0 spiro atoms. The monoisotopic (exact) mass is 261 g/mol. The largest absolute Gasteiger partial charge is 0.326 e. The molecular weight excluding hydrogens is 245 g/mol. The maximum Gasteiger partial charge on any atom is 0.131 e. The maximum atomic E-state index is 14.0. The number of halogens is 1. The summed E-state index contributed by atoms with van der Waals surface area (Å²) in [6.45, 7) is 2.31. The molecule has 2 aromatic rings. The lowest BCUT2D eigenvalue weighted by Crippen LogP contribution is -2.02. The summed E-state index contributed by atoms with van der Waals surface area (Å²) in [7, 11) is 0. The summed E-state index contributed by atoms with van der Waals surface area (Å²) in [5, 5.41) is 0. The van der Waals surface area contributed by atoms with Crippen molar-refractivity contribution in [3.8, 4) is 0 Å². The molecule has 0 bridgehead atoms. The first-order valence-electron chi connectivity index (χ1n) is 5.87. The number of thioether (sulfide) groups is 1. The molecule has 0 unspecified atom stereocenters. The van der Waals surface area contributed by atoms with E-state index in [1.54, 1.807) is 17.8 Å². The topological polar surface area (TPSA) is 26.0 Å². The van der Waals surface area contributed by atoms with Crippen molar-refractivity contribution in [3.05, 3.63) is 65.0 Å². The number of nitrogens with two attached hydrogens (primary N) is 1. The van der Waals surface area contributed by atoms with Crippen molar-refractivity contribution in [1.29, 1.82) is 0 Å². The highest BCUT2D eigenvalue weighted by molar-refractivity contribution is 7.98. The van der Waals surface area contributed by atoms with Crippen LogP contribution in [-0.2, 0) is 12.3 Å². The Labute approximate surface area is 111 Å². The Balaban J connectivity index is 2.14. The van der Waals surface area contributed by atoms with Crippen LogP contribution >= 0.6 is 11.8 Å². The molecule has 0 heterocycles. The van der Waals surface area contributed by atoms with Crippen LogP contribution in [0.1, 0.15) is 16.7 Å². The van der Waals surface area contributed by atoms with E-state index in [4.69, 9.17) is 5.73 Å². The molecular formula is C15H16FNS. The Kier molecular flexibility index (Phi) is 4.39. The van der Waals surface area contributed by atoms with Gasteiger partial charge in [0.05, 0.1) is 0 Å². The fraction of sp³-hybridized carbons (Fsp3) is 0.200. The fourth-order valence-electron chi connectivity index (χ4n) is 1.78. The molecule has 2 N–H and O–H groups in total. The Bertz CT molecular complexity index is 540. The summed E-state index contributed by atoms with van der Waals surface area (Å²) in [6.07, 6.45) is 0. The van der Waals surface area contributed by atoms with Gasteiger partial charge >= 0.3 is 0 Å². The zero-order valence-corrected chi connectivity index (χ0v) is 11.1. The minimum absolute atomic E-state index is 0.166. The van der Waals surface area contributed by atoms with E-state index in [0.29, 0.717) is 16.9 Å². The van der Waals surface area contributed by atoms with Gasteiger partial charge in [0.15, 0.2) is 0 Å². The smallest absolute Gasteiger partial charge is 0.131 e. The quantitative estimate of drug-likeness (QED) is 0.845. The summed E-state index contributed by atoms with van der Waals surface area (Å²) >= 11 is 1.65. The van der Waals surface area contributed by atoms with Gasteiger partial charge in [0, 0.05) is 22.8 Å². The van der Waals surface area contributed by atoms with Gasteiger partial charge in [-0.1, -0.05) is 36.4 Å². The molecule has 0 atom stereocenters. The molecule has 0 saturated heterocycles. The molecule has 2 aromatic carbocycles. The molecule has 18 heavy (non-hydrogen) atoms. The third-order valence-corrected chi connectivity index (χ3v) is 4.08. The molecule has 0 amide bonds. The SMILES string of the molecule is Cc1ccccc1SCc1cccc(CN)c1F. The van der Waals surface area contributed by atoms with Gasteiger partial charge in [0.2, 0.25) is 0 Å². The summed E-state index contributed by atoms with van der Waals surface area (Å²) < 4.78 is 14.0. The van der Waals surface area contributed by atoms with Crippen LogP contribution in [0.25, 0.3) is 0 Å². The zero-order chi connectivity index (χ0) is 13.0. The van der Waals surface area contributed by atoms with Crippen molar-refractivity contribution < 1.29 is 4.39 Å². The van der Waals surface area contributed by atoms with Gasteiger partial charge in [-0.15, -0.1) is 11.8 Å². The van der Waals surface area contributed by atoms with E-state index in [0.717, 1.165) is 0 Å². The molecule has 2 rings (SSSR count). The van der Waals surface area contributed by atoms with Crippen LogP contribution in [0.5, 0.6) is 0 Å². The second kappa shape index (κ2) is 6.03. The minimum atomic E-state index is -0.166. The Morgan fingerprint density at radius 2 is 1.78 bits per heavy atom. The number of hydrogen-bond donors (Lipinski definition) is 1. The second-order valence-electron chi connectivity index (χ2n) is 4.15. The molecule has 94 valence electrons. The standard InChI is InChI=1S/C15H16FNS/c1-11-5-2-3-8-14(11)18-10-13-7-4-6-12(9-17)15(13)16/h2-8H,9-10,17H2,1H3. The number of benzene rings is 2. The Hall–Kier alpha value is -1.32. The molecule has 0 aromatic heterocycles. The first-order valence-corrected chi connectivity index (χ1v) is 6.85. The summed E-state index contributed by atoms with van der Waals surface area (Å²) in [4.78, 5) is 1.19. The van der Waals surface area contributed by atoms with Crippen molar-refractivity contribution in [3.63, 3.8) is 0 Å². The van der Waals surface area contributed by atoms with E-state index >= 15 is 0 Å². The van der Waals surface area contributed by atoms with E-state index in [2.05, 4.69) is 19.1 Å². The predicted octanol–water partition coefficient (Wildman–Crippen LogP) is 3.89. The lowest BCUT2D eigenvalue weighted by molar-refractivity contribution is 0.600. The van der Waals surface area contributed by atoms with Crippen LogP contribution in [0.4, 0.5) is 4.39 Å². The van der Waals surface area contributed by atoms with Crippen molar-refractivity contribution in [2.75, 3.05) is 0 Å². The maximum absolute atomic E-state index is 14.0. The van der Waals surface area contributed by atoms with Gasteiger partial charge in [0.1, 0.15) is 5.82 Å². The minimum Gasteiger partial charge on any atom is -0.326 e. The van der Waals surface area contributed by atoms with Crippen LogP contribution in [0.2, 0.25) is 0 Å². The average Bonchev–Trinajstić information content (AvgIpc) is 2.39. The molecule has 0 radical (unpaired) electrons. The normalized spacial score (nSPS) is 10.6. The third kappa shape index (κ3) is 2.92. The van der Waals surface area contributed by atoms with Gasteiger partial charge in [-0.2, -0.15) is 0 Å². The number of hydrogen-bond acceptors (Lipinski definition) is 2. The molecule has 0 aliphatic heterocycles. The lowest BCUT2D eigenvalue weighted by atomic mass is 10.1.